The van der Waals surface area contributed by atoms with E-state index in [1.165, 1.54) is 26.2 Å². The van der Waals surface area contributed by atoms with Crippen molar-refractivity contribution >= 4 is 26.7 Å². The Labute approximate surface area is 168 Å². The fourth-order valence-corrected chi connectivity index (χ4v) is 3.95. The van der Waals surface area contributed by atoms with Crippen LogP contribution in [0.5, 0.6) is 5.75 Å². The van der Waals surface area contributed by atoms with Gasteiger partial charge in [-0.1, -0.05) is 6.07 Å². The van der Waals surface area contributed by atoms with E-state index in [1.54, 1.807) is 31.2 Å². The Hall–Kier alpha value is -2.98. The molecule has 0 bridgehead atoms. The molecule has 1 heterocycles. The summed E-state index contributed by atoms with van der Waals surface area (Å²) < 4.78 is 33.5. The van der Waals surface area contributed by atoms with Gasteiger partial charge in [-0.3, -0.25) is 10.1 Å². The fourth-order valence-electron chi connectivity index (χ4n) is 3.03. The number of hydrogen-bond acceptors (Lipinski definition) is 6. The van der Waals surface area contributed by atoms with Crippen LogP contribution in [0.1, 0.15) is 18.3 Å². The molecule has 3 rings (SSSR count). The molecule has 0 aliphatic rings. The number of hydrogen-bond donors (Lipinski definition) is 0. The van der Waals surface area contributed by atoms with Gasteiger partial charge < -0.3 is 9.30 Å². The molecule has 154 valence electrons. The predicted octanol–water partition coefficient (Wildman–Crippen LogP) is 3.10. The van der Waals surface area contributed by atoms with Crippen LogP contribution in [0.4, 0.5) is 5.69 Å². The molecule has 1 aromatic heterocycles. The van der Waals surface area contributed by atoms with Crippen molar-refractivity contribution in [3.05, 3.63) is 57.9 Å². The van der Waals surface area contributed by atoms with Crippen LogP contribution in [0.3, 0.4) is 0 Å². The van der Waals surface area contributed by atoms with Gasteiger partial charge in [0.2, 0.25) is 10.0 Å². The second-order valence-corrected chi connectivity index (χ2v) is 8.88. The number of nitro benzene ring substituents is 1. The van der Waals surface area contributed by atoms with E-state index in [1.807, 2.05) is 11.5 Å². The average Bonchev–Trinajstić information content (AvgIpc) is 3.03. The van der Waals surface area contributed by atoms with Crippen LogP contribution in [0.15, 0.2) is 41.3 Å². The maximum absolute atomic E-state index is 12.4. The van der Waals surface area contributed by atoms with Gasteiger partial charge in [-0.05, 0) is 43.7 Å². The van der Waals surface area contributed by atoms with Crippen LogP contribution in [-0.2, 0) is 23.2 Å². The van der Waals surface area contributed by atoms with E-state index in [0.29, 0.717) is 17.9 Å². The summed E-state index contributed by atoms with van der Waals surface area (Å²) >= 11 is 0. The first kappa shape index (κ1) is 20.7. The summed E-state index contributed by atoms with van der Waals surface area (Å²) in [4.78, 5) is 15.5. The van der Waals surface area contributed by atoms with Gasteiger partial charge in [-0.25, -0.2) is 17.7 Å². The van der Waals surface area contributed by atoms with Crippen molar-refractivity contribution in [1.29, 1.82) is 0 Å². The summed E-state index contributed by atoms with van der Waals surface area (Å²) in [7, 11) is -0.635. The van der Waals surface area contributed by atoms with Crippen molar-refractivity contribution in [2.75, 3.05) is 14.1 Å². The zero-order valence-electron chi connectivity index (χ0n) is 16.6. The summed E-state index contributed by atoms with van der Waals surface area (Å²) in [6, 6.07) is 9.53. The number of benzene rings is 2. The Balaban J connectivity index is 1.97. The second-order valence-electron chi connectivity index (χ2n) is 6.73. The summed E-state index contributed by atoms with van der Waals surface area (Å²) in [5.74, 6) is 0.711. The topological polar surface area (TPSA) is 108 Å². The molecule has 0 radical (unpaired) electrons. The van der Waals surface area contributed by atoms with Gasteiger partial charge >= 0.3 is 5.69 Å². The molecule has 9 nitrogen and oxygen atoms in total. The highest BCUT2D eigenvalue weighted by atomic mass is 32.2. The van der Waals surface area contributed by atoms with Gasteiger partial charge in [0.15, 0.2) is 5.75 Å². The monoisotopic (exact) mass is 418 g/mol. The predicted molar refractivity (Wildman–Crippen MR) is 108 cm³/mol. The van der Waals surface area contributed by atoms with Crippen molar-refractivity contribution in [2.45, 2.75) is 31.9 Å². The van der Waals surface area contributed by atoms with E-state index in [-0.39, 0.29) is 22.9 Å². The third kappa shape index (κ3) is 3.94. The largest absolute Gasteiger partial charge is 0.479 e. The molecule has 0 amide bonds. The molecule has 10 heteroatoms. The molecule has 0 aliphatic heterocycles. The smallest absolute Gasteiger partial charge is 0.311 e. The Kier molecular flexibility index (Phi) is 5.58. The fraction of sp³-hybridized carbons (Fsp3) is 0.316. The number of fused-ring (bicyclic) bond motifs is 1. The number of sulfonamides is 1. The minimum atomic E-state index is -3.58. The van der Waals surface area contributed by atoms with Crippen molar-refractivity contribution < 1.29 is 18.1 Å². The van der Waals surface area contributed by atoms with Crippen molar-refractivity contribution in [1.82, 2.24) is 13.9 Å². The number of imidazole rings is 1. The zero-order valence-corrected chi connectivity index (χ0v) is 17.4. The van der Waals surface area contributed by atoms with Crippen molar-refractivity contribution in [3.8, 4) is 5.75 Å². The number of nitro groups is 1. The first-order valence-corrected chi connectivity index (χ1v) is 10.4. The highest BCUT2D eigenvalue weighted by Crippen LogP contribution is 2.29. The molecule has 0 fully saturated rings. The Morgan fingerprint density at radius 2 is 1.93 bits per heavy atom. The van der Waals surface area contributed by atoms with Crippen molar-refractivity contribution in [3.63, 3.8) is 0 Å². The summed E-state index contributed by atoms with van der Waals surface area (Å²) in [6.45, 7) is 4.31. The van der Waals surface area contributed by atoms with Gasteiger partial charge in [0, 0.05) is 26.7 Å². The van der Waals surface area contributed by atoms with Gasteiger partial charge in [0.1, 0.15) is 12.4 Å². The van der Waals surface area contributed by atoms with E-state index in [0.717, 1.165) is 15.4 Å². The molecule has 0 atom stereocenters. The van der Waals surface area contributed by atoms with Crippen LogP contribution in [-0.4, -0.2) is 41.3 Å². The van der Waals surface area contributed by atoms with Crippen LogP contribution < -0.4 is 4.74 Å². The SMILES string of the molecule is CCn1c(COc2ccc(C)cc2[N+](=O)[O-])nc2cc(S(=O)(=O)N(C)C)ccc21. The number of rotatable bonds is 7. The third-order valence-electron chi connectivity index (χ3n) is 4.56. The second kappa shape index (κ2) is 7.80. The van der Waals surface area contributed by atoms with E-state index < -0.39 is 14.9 Å². The quantitative estimate of drug-likeness (QED) is 0.431. The molecule has 0 spiro atoms. The van der Waals surface area contributed by atoms with E-state index in [4.69, 9.17) is 4.74 Å². The van der Waals surface area contributed by atoms with E-state index >= 15 is 0 Å². The molecule has 29 heavy (non-hydrogen) atoms. The minimum Gasteiger partial charge on any atom is -0.479 e. The highest BCUT2D eigenvalue weighted by Gasteiger charge is 2.20. The molecule has 0 unspecified atom stereocenters. The molecule has 2 aromatic carbocycles. The Morgan fingerprint density at radius 1 is 1.21 bits per heavy atom. The Bertz CT molecular complexity index is 1180. The first-order valence-electron chi connectivity index (χ1n) is 8.94. The molecule has 3 aromatic rings. The lowest BCUT2D eigenvalue weighted by atomic mass is 10.2. The number of aryl methyl sites for hydroxylation is 2. The standard InChI is InChI=1S/C19H22N4O5S/c1-5-22-16-8-7-14(29(26,27)21(3)4)11-15(16)20-19(22)12-28-18-9-6-13(2)10-17(18)23(24)25/h6-11H,5,12H2,1-4H3. The normalized spacial score (nSPS) is 11.9. The molecule has 0 aliphatic carbocycles. The summed E-state index contributed by atoms with van der Waals surface area (Å²) in [5, 5.41) is 11.3. The lowest BCUT2D eigenvalue weighted by Gasteiger charge is -2.11. The van der Waals surface area contributed by atoms with E-state index in [2.05, 4.69) is 4.98 Å². The average molecular weight is 418 g/mol. The lowest BCUT2D eigenvalue weighted by Crippen LogP contribution is -2.22. The van der Waals surface area contributed by atoms with Crippen LogP contribution in [0.25, 0.3) is 11.0 Å². The van der Waals surface area contributed by atoms with Crippen LogP contribution >= 0.6 is 0 Å². The molecular formula is C19H22N4O5S. The molecule has 0 saturated carbocycles. The number of aromatic nitrogens is 2. The molecular weight excluding hydrogens is 396 g/mol. The molecule has 0 N–H and O–H groups in total. The summed E-state index contributed by atoms with van der Waals surface area (Å²) in [5.41, 5.74) is 1.94. The number of ether oxygens (including phenoxy) is 1. The van der Waals surface area contributed by atoms with E-state index in [9.17, 15) is 18.5 Å². The van der Waals surface area contributed by atoms with Gasteiger partial charge in [0.05, 0.1) is 20.9 Å². The summed E-state index contributed by atoms with van der Waals surface area (Å²) in [6.07, 6.45) is 0. The highest BCUT2D eigenvalue weighted by molar-refractivity contribution is 7.89. The van der Waals surface area contributed by atoms with Gasteiger partial charge in [-0.2, -0.15) is 0 Å². The zero-order chi connectivity index (χ0) is 21.3. The van der Waals surface area contributed by atoms with Crippen molar-refractivity contribution in [2.24, 2.45) is 0 Å². The number of nitrogens with zero attached hydrogens (tertiary/aromatic N) is 4. The minimum absolute atomic E-state index is 0.0161. The van der Waals surface area contributed by atoms with Gasteiger partial charge in [-0.15, -0.1) is 0 Å². The molecule has 0 saturated heterocycles. The third-order valence-corrected chi connectivity index (χ3v) is 6.37. The van der Waals surface area contributed by atoms with Gasteiger partial charge in [0.25, 0.3) is 0 Å². The van der Waals surface area contributed by atoms with Crippen LogP contribution in [0.2, 0.25) is 0 Å². The first-order chi connectivity index (χ1) is 13.6. The maximum atomic E-state index is 12.4. The van der Waals surface area contributed by atoms with Crippen LogP contribution in [0, 0.1) is 17.0 Å². The Morgan fingerprint density at radius 3 is 2.55 bits per heavy atom. The maximum Gasteiger partial charge on any atom is 0.311 e. The lowest BCUT2D eigenvalue weighted by molar-refractivity contribution is -0.386.